The molecule has 0 atom stereocenters. The van der Waals surface area contributed by atoms with Gasteiger partial charge in [0, 0.05) is 17.0 Å². The van der Waals surface area contributed by atoms with E-state index in [-0.39, 0.29) is 10.6 Å². The molecule has 3 aromatic carbocycles. The Bertz CT molecular complexity index is 840. The molecule has 24 heavy (non-hydrogen) atoms. The molecule has 3 aromatic rings. The zero-order valence-electron chi connectivity index (χ0n) is 12.6. The van der Waals surface area contributed by atoms with Crippen molar-refractivity contribution in [2.24, 2.45) is 0 Å². The Morgan fingerprint density at radius 2 is 1.25 bits per heavy atom. The molecule has 0 saturated carbocycles. The summed E-state index contributed by atoms with van der Waals surface area (Å²) < 4.78 is 0. The smallest absolute Gasteiger partial charge is 0.258 e. The average molecular weight is 371 g/mol. The SMILES string of the molecule is O=[N+]([O-])c1ccc(SP(=S)(c2ccccc2)c2ccccc2)cc1. The van der Waals surface area contributed by atoms with Gasteiger partial charge in [0.1, 0.15) is 0 Å². The zero-order chi connectivity index (χ0) is 17.0. The number of rotatable bonds is 5. The molecular formula is C18H14NO2PS2. The van der Waals surface area contributed by atoms with Gasteiger partial charge in [0.05, 0.1) is 10.2 Å². The third-order valence-corrected chi connectivity index (χ3v) is 10.8. The van der Waals surface area contributed by atoms with Crippen molar-refractivity contribution in [3.8, 4) is 0 Å². The molecule has 3 rings (SSSR count). The fraction of sp³-hybridized carbons (Fsp3) is 0. The Morgan fingerprint density at radius 1 is 0.792 bits per heavy atom. The molecule has 0 aliphatic carbocycles. The highest BCUT2D eigenvalue weighted by atomic mass is 32.9. The maximum absolute atomic E-state index is 10.8. The minimum Gasteiger partial charge on any atom is -0.258 e. The summed E-state index contributed by atoms with van der Waals surface area (Å²) in [5, 5.41) is 11.0. The van der Waals surface area contributed by atoms with E-state index in [0.717, 1.165) is 15.5 Å². The average Bonchev–Trinajstić information content (AvgIpc) is 2.63. The van der Waals surface area contributed by atoms with Gasteiger partial charge in [-0.3, -0.25) is 10.1 Å². The lowest BCUT2D eigenvalue weighted by molar-refractivity contribution is -0.384. The Hall–Kier alpha value is -1.94. The lowest BCUT2D eigenvalue weighted by Crippen LogP contribution is -2.12. The van der Waals surface area contributed by atoms with Crippen LogP contribution in [0, 0.1) is 10.1 Å². The van der Waals surface area contributed by atoms with Crippen LogP contribution in [0.3, 0.4) is 0 Å². The van der Waals surface area contributed by atoms with Gasteiger partial charge in [0.2, 0.25) is 0 Å². The molecule has 6 heteroatoms. The third kappa shape index (κ3) is 3.59. The molecule has 0 aliphatic rings. The van der Waals surface area contributed by atoms with Crippen molar-refractivity contribution in [3.05, 3.63) is 95.0 Å². The number of hydrogen-bond donors (Lipinski definition) is 0. The van der Waals surface area contributed by atoms with E-state index in [2.05, 4.69) is 24.3 Å². The lowest BCUT2D eigenvalue weighted by Gasteiger charge is -2.22. The number of non-ortho nitro benzene ring substituents is 1. The Kier molecular flexibility index (Phi) is 5.14. The van der Waals surface area contributed by atoms with Crippen LogP contribution < -0.4 is 10.6 Å². The highest BCUT2D eigenvalue weighted by Gasteiger charge is 2.24. The van der Waals surface area contributed by atoms with Gasteiger partial charge in [-0.15, -0.1) is 0 Å². The van der Waals surface area contributed by atoms with Crippen molar-refractivity contribution < 1.29 is 4.92 Å². The van der Waals surface area contributed by atoms with Gasteiger partial charge in [0.15, 0.2) is 0 Å². The molecule has 0 bridgehead atoms. The first-order valence-corrected chi connectivity index (χ1v) is 11.5. The van der Waals surface area contributed by atoms with Gasteiger partial charge >= 0.3 is 0 Å². The topological polar surface area (TPSA) is 43.1 Å². The lowest BCUT2D eigenvalue weighted by atomic mass is 10.3. The molecule has 0 N–H and O–H groups in total. The monoisotopic (exact) mass is 371 g/mol. The van der Waals surface area contributed by atoms with Crippen LogP contribution in [0.1, 0.15) is 0 Å². The van der Waals surface area contributed by atoms with E-state index in [1.165, 1.54) is 12.1 Å². The predicted octanol–water partition coefficient (Wildman–Crippen LogP) is 4.73. The van der Waals surface area contributed by atoms with Gasteiger partial charge in [-0.2, -0.15) is 0 Å². The van der Waals surface area contributed by atoms with Gasteiger partial charge in [-0.25, -0.2) is 0 Å². The van der Waals surface area contributed by atoms with Crippen LogP contribution in [0.5, 0.6) is 0 Å². The number of benzene rings is 3. The summed E-state index contributed by atoms with van der Waals surface area (Å²) in [7, 11) is 0. The van der Waals surface area contributed by atoms with E-state index in [1.54, 1.807) is 23.5 Å². The summed E-state index contributed by atoms with van der Waals surface area (Å²) in [5.41, 5.74) is 0.0899. The highest BCUT2D eigenvalue weighted by molar-refractivity contribution is 8.75. The van der Waals surface area contributed by atoms with Gasteiger partial charge in [0.25, 0.3) is 5.69 Å². The standard InChI is InChI=1S/C18H14NO2PS2/c20-19(21)15-11-13-18(14-12-15)24-22(23,16-7-3-1-4-8-16)17-9-5-2-6-10-17/h1-14H. The van der Waals surface area contributed by atoms with Crippen LogP contribution in [0.15, 0.2) is 89.8 Å². The van der Waals surface area contributed by atoms with E-state index < -0.39 is 5.24 Å². The van der Waals surface area contributed by atoms with Crippen molar-refractivity contribution in [2.75, 3.05) is 0 Å². The molecule has 0 fully saturated rings. The number of nitrogens with zero attached hydrogens (tertiary/aromatic N) is 1. The second kappa shape index (κ2) is 7.31. The second-order valence-corrected chi connectivity index (χ2v) is 12.4. The predicted molar refractivity (Wildman–Crippen MR) is 105 cm³/mol. The molecule has 3 nitrogen and oxygen atoms in total. The summed E-state index contributed by atoms with van der Waals surface area (Å²) >= 11 is 7.76. The zero-order valence-corrected chi connectivity index (χ0v) is 15.1. The van der Waals surface area contributed by atoms with Crippen molar-refractivity contribution in [1.82, 2.24) is 0 Å². The maximum atomic E-state index is 10.8. The number of nitro groups is 1. The minimum absolute atomic E-state index is 0.0899. The summed E-state index contributed by atoms with van der Waals surface area (Å²) in [6.07, 6.45) is 0. The fourth-order valence-electron chi connectivity index (χ4n) is 2.28. The first-order valence-electron chi connectivity index (χ1n) is 7.25. The van der Waals surface area contributed by atoms with Crippen molar-refractivity contribution in [1.29, 1.82) is 0 Å². The van der Waals surface area contributed by atoms with Gasteiger partial charge < -0.3 is 0 Å². The maximum Gasteiger partial charge on any atom is 0.269 e. The van der Waals surface area contributed by atoms with E-state index in [1.807, 2.05) is 36.4 Å². The van der Waals surface area contributed by atoms with Crippen LogP contribution in [-0.2, 0) is 11.8 Å². The molecule has 0 heterocycles. The van der Waals surface area contributed by atoms with Crippen LogP contribution >= 0.6 is 16.6 Å². The summed E-state index contributed by atoms with van der Waals surface area (Å²) in [6, 6.07) is 26.8. The molecule has 0 saturated heterocycles. The van der Waals surface area contributed by atoms with Gasteiger partial charge in [-0.05, 0) is 22.7 Å². The Balaban J connectivity index is 2.03. The van der Waals surface area contributed by atoms with Crippen LogP contribution in [0.4, 0.5) is 5.69 Å². The van der Waals surface area contributed by atoms with Crippen LogP contribution in [-0.4, -0.2) is 4.92 Å². The first-order chi connectivity index (χ1) is 11.6. The van der Waals surface area contributed by atoms with Crippen LogP contribution in [0.2, 0.25) is 0 Å². The third-order valence-electron chi connectivity index (χ3n) is 3.47. The number of hydrogen-bond acceptors (Lipinski definition) is 4. The molecule has 0 amide bonds. The number of nitro benzene ring substituents is 1. The van der Waals surface area contributed by atoms with E-state index in [0.29, 0.717) is 0 Å². The summed E-state index contributed by atoms with van der Waals surface area (Å²) in [6.45, 7) is 0. The quantitative estimate of drug-likeness (QED) is 0.369. The largest absolute Gasteiger partial charge is 0.269 e. The Labute approximate surface area is 149 Å². The molecule has 0 radical (unpaired) electrons. The summed E-state index contributed by atoms with van der Waals surface area (Å²) in [4.78, 5) is 11.4. The normalized spacial score (nSPS) is 11.2. The molecule has 0 unspecified atom stereocenters. The van der Waals surface area contributed by atoms with Crippen LogP contribution in [0.25, 0.3) is 0 Å². The molecule has 0 spiro atoms. The Morgan fingerprint density at radius 3 is 1.67 bits per heavy atom. The molecular weight excluding hydrogens is 357 g/mol. The van der Waals surface area contributed by atoms with E-state index in [9.17, 15) is 10.1 Å². The summed E-state index contributed by atoms with van der Waals surface area (Å²) in [5.74, 6) is 0. The first kappa shape index (κ1) is 16.9. The second-order valence-electron chi connectivity index (χ2n) is 5.06. The van der Waals surface area contributed by atoms with E-state index >= 15 is 0 Å². The highest BCUT2D eigenvalue weighted by Crippen LogP contribution is 2.60. The van der Waals surface area contributed by atoms with Crippen molar-refractivity contribution in [3.63, 3.8) is 0 Å². The molecule has 120 valence electrons. The molecule has 0 aliphatic heterocycles. The van der Waals surface area contributed by atoms with Crippen molar-refractivity contribution in [2.45, 2.75) is 4.90 Å². The fourth-order valence-corrected chi connectivity index (χ4v) is 8.60. The van der Waals surface area contributed by atoms with E-state index in [4.69, 9.17) is 11.8 Å². The minimum atomic E-state index is -2.10. The van der Waals surface area contributed by atoms with Gasteiger partial charge in [-0.1, -0.05) is 83.9 Å². The molecule has 0 aromatic heterocycles. The van der Waals surface area contributed by atoms with Crippen molar-refractivity contribution >= 4 is 44.7 Å².